The van der Waals surface area contributed by atoms with Gasteiger partial charge in [0.15, 0.2) is 6.61 Å². The molecule has 0 fully saturated rings. The maximum atomic E-state index is 12.4. The van der Waals surface area contributed by atoms with E-state index < -0.39 is 5.91 Å². The number of carbonyl (C=O) groups excluding carboxylic acids is 2. The number of nitrogens with two attached hydrogens (primary N) is 1. The first-order valence-electron chi connectivity index (χ1n) is 9.00. The number of methoxy groups -OCH3 is 1. The first kappa shape index (κ1) is 18.9. The summed E-state index contributed by atoms with van der Waals surface area (Å²) in [7, 11) is 1.62. The number of aromatic nitrogens is 1. The van der Waals surface area contributed by atoms with Gasteiger partial charge in [-0.1, -0.05) is 12.1 Å². The first-order chi connectivity index (χ1) is 14.0. The summed E-state index contributed by atoms with van der Waals surface area (Å²) in [5, 5.41) is 2.98. The number of primary amides is 1. The number of carbonyl (C=O) groups is 2. The number of ether oxygens (including phenoxy) is 2. The van der Waals surface area contributed by atoms with Crippen molar-refractivity contribution in [1.29, 1.82) is 0 Å². The van der Waals surface area contributed by atoms with Gasteiger partial charge in [-0.15, -0.1) is 0 Å². The van der Waals surface area contributed by atoms with Gasteiger partial charge in [0.25, 0.3) is 5.91 Å². The zero-order valence-electron chi connectivity index (χ0n) is 15.7. The van der Waals surface area contributed by atoms with Gasteiger partial charge in [-0.05, 0) is 53.5 Å². The van der Waals surface area contributed by atoms with Gasteiger partial charge < -0.3 is 20.5 Å². The molecule has 1 aliphatic rings. The number of fused-ring (bicyclic) bond motifs is 1. The molecule has 0 saturated heterocycles. The largest absolute Gasteiger partial charge is 0.497 e. The summed E-state index contributed by atoms with van der Waals surface area (Å²) in [5.41, 5.74) is 8.52. The Morgan fingerprint density at radius 2 is 1.86 bits per heavy atom. The quantitative estimate of drug-likeness (QED) is 0.651. The predicted octanol–water partition coefficient (Wildman–Crippen LogP) is 3.16. The summed E-state index contributed by atoms with van der Waals surface area (Å²) in [6, 6.07) is 14.9. The molecule has 3 aromatic rings. The average Bonchev–Trinajstić information content (AvgIpc) is 3.16. The van der Waals surface area contributed by atoms with E-state index in [2.05, 4.69) is 9.69 Å². The van der Waals surface area contributed by atoms with E-state index >= 15 is 0 Å². The lowest BCUT2D eigenvalue weighted by molar-refractivity contribution is -0.120. The van der Waals surface area contributed by atoms with Crippen LogP contribution in [-0.4, -0.2) is 29.9 Å². The van der Waals surface area contributed by atoms with E-state index in [0.29, 0.717) is 12.2 Å². The van der Waals surface area contributed by atoms with Gasteiger partial charge in [0.2, 0.25) is 5.91 Å². The second-order valence-corrected chi connectivity index (χ2v) is 7.43. The highest BCUT2D eigenvalue weighted by atomic mass is 32.1. The highest BCUT2D eigenvalue weighted by molar-refractivity contribution is 7.07. The van der Waals surface area contributed by atoms with E-state index in [-0.39, 0.29) is 18.4 Å². The third-order valence-electron chi connectivity index (χ3n) is 4.72. The van der Waals surface area contributed by atoms with Crippen LogP contribution in [0, 0.1) is 0 Å². The number of nitrogens with zero attached hydrogens (tertiary/aromatic N) is 1. The molecule has 0 unspecified atom stereocenters. The molecule has 2 amide bonds. The molecule has 7 nitrogen and oxygen atoms in total. The Morgan fingerprint density at radius 3 is 2.52 bits per heavy atom. The fraction of sp³-hybridized carbons (Fsp3) is 0.190. The minimum atomic E-state index is -0.529. The molecule has 0 aliphatic carbocycles. The maximum Gasteiger partial charge on any atom is 0.255 e. The molecule has 29 heavy (non-hydrogen) atoms. The number of benzene rings is 2. The van der Waals surface area contributed by atoms with Gasteiger partial charge in [-0.2, -0.15) is 4.37 Å². The molecule has 8 heteroatoms. The molecular formula is C21H19N3O4S. The third kappa shape index (κ3) is 3.93. The second kappa shape index (κ2) is 7.92. The summed E-state index contributed by atoms with van der Waals surface area (Å²) in [6.07, 6.45) is 0.346. The lowest BCUT2D eigenvalue weighted by atomic mass is 9.89. The molecule has 148 valence electrons. The number of amides is 2. The van der Waals surface area contributed by atoms with Crippen molar-refractivity contribution in [2.75, 3.05) is 19.0 Å². The summed E-state index contributed by atoms with van der Waals surface area (Å²) in [4.78, 5) is 24.3. The molecule has 0 saturated carbocycles. The minimum absolute atomic E-state index is 0.0495. The van der Waals surface area contributed by atoms with Crippen LogP contribution in [0.25, 0.3) is 11.3 Å². The van der Waals surface area contributed by atoms with E-state index in [0.717, 1.165) is 33.1 Å². The Bertz CT molecular complexity index is 1040. The molecule has 2 aromatic carbocycles. The third-order valence-corrected chi connectivity index (χ3v) is 5.68. The van der Waals surface area contributed by atoms with Crippen LogP contribution in [0.3, 0.4) is 0 Å². The molecule has 0 radical (unpaired) electrons. The minimum Gasteiger partial charge on any atom is -0.497 e. The number of hydrogen-bond donors (Lipinski definition) is 2. The van der Waals surface area contributed by atoms with Crippen LogP contribution in [-0.2, 0) is 9.59 Å². The monoisotopic (exact) mass is 409 g/mol. The average molecular weight is 409 g/mol. The Morgan fingerprint density at radius 1 is 1.17 bits per heavy atom. The summed E-state index contributed by atoms with van der Waals surface area (Å²) < 4.78 is 15.1. The predicted molar refractivity (Wildman–Crippen MR) is 110 cm³/mol. The number of rotatable bonds is 6. The van der Waals surface area contributed by atoms with Crippen molar-refractivity contribution < 1.29 is 19.1 Å². The Hall–Kier alpha value is -3.39. The fourth-order valence-corrected chi connectivity index (χ4v) is 4.27. The van der Waals surface area contributed by atoms with Crippen LogP contribution < -0.4 is 20.5 Å². The van der Waals surface area contributed by atoms with Crippen molar-refractivity contribution in [1.82, 2.24) is 4.37 Å². The van der Waals surface area contributed by atoms with E-state index in [1.165, 1.54) is 11.5 Å². The highest BCUT2D eigenvalue weighted by Gasteiger charge is 2.31. The zero-order chi connectivity index (χ0) is 20.4. The van der Waals surface area contributed by atoms with Crippen LogP contribution in [0.2, 0.25) is 0 Å². The molecular weight excluding hydrogens is 390 g/mol. The van der Waals surface area contributed by atoms with Crippen LogP contribution in [0.4, 0.5) is 5.69 Å². The van der Waals surface area contributed by atoms with Crippen LogP contribution in [0.15, 0.2) is 48.5 Å². The van der Waals surface area contributed by atoms with Gasteiger partial charge in [-0.3, -0.25) is 9.59 Å². The molecule has 0 bridgehead atoms. The molecule has 3 N–H and O–H groups in total. The molecule has 2 heterocycles. The molecule has 4 rings (SSSR count). The maximum absolute atomic E-state index is 12.4. The van der Waals surface area contributed by atoms with E-state index in [9.17, 15) is 9.59 Å². The standard InChI is InChI=1S/C21H19N3O4S/c1-27-14-6-4-13(5-7-14)19-20-21(29-24-19)16(10-18(26)23-20)12-2-8-15(9-3-12)28-11-17(22)25/h2-9,16H,10-11H2,1H3,(H2,22,25)(H,23,26)/t16-/m0/s1. The highest BCUT2D eigenvalue weighted by Crippen LogP contribution is 2.45. The van der Waals surface area contributed by atoms with Gasteiger partial charge in [0.05, 0.1) is 17.7 Å². The van der Waals surface area contributed by atoms with Crippen molar-refractivity contribution in [2.45, 2.75) is 12.3 Å². The fourth-order valence-electron chi connectivity index (χ4n) is 3.30. The zero-order valence-corrected chi connectivity index (χ0v) is 16.5. The molecule has 1 aromatic heterocycles. The topological polar surface area (TPSA) is 104 Å². The van der Waals surface area contributed by atoms with Crippen LogP contribution in [0.1, 0.15) is 22.8 Å². The Kier molecular flexibility index (Phi) is 5.18. The van der Waals surface area contributed by atoms with Crippen molar-refractivity contribution in [3.8, 4) is 22.8 Å². The van der Waals surface area contributed by atoms with Crippen molar-refractivity contribution in [3.05, 3.63) is 59.0 Å². The normalized spacial score (nSPS) is 15.3. The number of anilines is 1. The summed E-state index contributed by atoms with van der Waals surface area (Å²) in [5.74, 6) is 0.646. The van der Waals surface area contributed by atoms with Gasteiger partial charge in [-0.25, -0.2) is 0 Å². The SMILES string of the molecule is COc1ccc(-c2nsc3c2NC(=O)C[C@H]3c2ccc(OCC(N)=O)cc2)cc1. The van der Waals surface area contributed by atoms with Crippen molar-refractivity contribution >= 4 is 29.0 Å². The number of nitrogens with one attached hydrogen (secondary N) is 1. The van der Waals surface area contributed by atoms with E-state index in [4.69, 9.17) is 15.2 Å². The van der Waals surface area contributed by atoms with Crippen molar-refractivity contribution in [3.63, 3.8) is 0 Å². The lowest BCUT2D eigenvalue weighted by Crippen LogP contribution is -2.22. The smallest absolute Gasteiger partial charge is 0.255 e. The molecule has 1 aliphatic heterocycles. The van der Waals surface area contributed by atoms with Gasteiger partial charge in [0, 0.05) is 17.9 Å². The van der Waals surface area contributed by atoms with Gasteiger partial charge >= 0.3 is 0 Å². The number of hydrogen-bond acceptors (Lipinski definition) is 6. The van der Waals surface area contributed by atoms with Crippen molar-refractivity contribution in [2.24, 2.45) is 5.73 Å². The van der Waals surface area contributed by atoms with Gasteiger partial charge in [0.1, 0.15) is 17.2 Å². The summed E-state index contributed by atoms with van der Waals surface area (Å²) >= 11 is 1.39. The Balaban J connectivity index is 1.64. The van der Waals surface area contributed by atoms with Crippen LogP contribution >= 0.6 is 11.5 Å². The second-order valence-electron chi connectivity index (χ2n) is 6.63. The van der Waals surface area contributed by atoms with Crippen LogP contribution in [0.5, 0.6) is 11.5 Å². The molecule has 0 spiro atoms. The first-order valence-corrected chi connectivity index (χ1v) is 9.77. The van der Waals surface area contributed by atoms with E-state index in [1.807, 2.05) is 36.4 Å². The lowest BCUT2D eigenvalue weighted by Gasteiger charge is -2.23. The van der Waals surface area contributed by atoms with E-state index in [1.54, 1.807) is 19.2 Å². The molecule has 1 atom stereocenters. The summed E-state index contributed by atoms with van der Waals surface area (Å²) in [6.45, 7) is -0.171. The Labute approximate surface area is 171 Å².